The van der Waals surface area contributed by atoms with Gasteiger partial charge in [-0.15, -0.1) is 0 Å². The maximum absolute atomic E-state index is 13.8. The molecule has 0 unspecified atom stereocenters. The van der Waals surface area contributed by atoms with E-state index >= 15 is 0 Å². The van der Waals surface area contributed by atoms with Crippen molar-refractivity contribution in [1.29, 1.82) is 5.26 Å². The van der Waals surface area contributed by atoms with Gasteiger partial charge in [0, 0.05) is 18.0 Å². The molecule has 1 fully saturated rings. The molecule has 1 aromatic carbocycles. The Morgan fingerprint density at radius 1 is 1.00 bits per heavy atom. The molecule has 5 heteroatoms. The second-order valence-electron chi connectivity index (χ2n) is 7.83. The maximum atomic E-state index is 13.8. The minimum absolute atomic E-state index is 0.247. The number of nitriles is 1. The second kappa shape index (κ2) is 9.73. The average Bonchev–Trinajstić information content (AvgIpc) is 2.72. The van der Waals surface area contributed by atoms with Gasteiger partial charge in [-0.05, 0) is 55.2 Å². The van der Waals surface area contributed by atoms with E-state index in [4.69, 9.17) is 5.26 Å². The van der Waals surface area contributed by atoms with Crippen LogP contribution in [-0.2, 0) is 0 Å². The molecule has 0 aliphatic heterocycles. The fourth-order valence-electron chi connectivity index (χ4n) is 4.15. The van der Waals surface area contributed by atoms with Crippen molar-refractivity contribution in [3.05, 3.63) is 47.3 Å². The molecule has 3 rings (SSSR count). The highest BCUT2D eigenvalue weighted by Gasteiger charge is 2.23. The fraction of sp³-hybridized carbons (Fsp3) is 0.522. The van der Waals surface area contributed by atoms with Gasteiger partial charge < -0.3 is 0 Å². The first-order valence-electron chi connectivity index (χ1n) is 10.3. The number of aromatic nitrogens is 2. The summed E-state index contributed by atoms with van der Waals surface area (Å²) >= 11 is 0. The molecule has 0 atom stereocenters. The second-order valence-corrected chi connectivity index (χ2v) is 7.83. The van der Waals surface area contributed by atoms with E-state index in [2.05, 4.69) is 16.9 Å². The van der Waals surface area contributed by atoms with Crippen LogP contribution in [0.5, 0.6) is 0 Å². The number of rotatable bonds is 7. The minimum Gasteiger partial charge on any atom is -0.236 e. The molecule has 1 aromatic heterocycles. The molecule has 0 N–H and O–H groups in total. The maximum Gasteiger partial charge on any atom is 0.159 e. The quantitative estimate of drug-likeness (QED) is 0.510. The smallest absolute Gasteiger partial charge is 0.159 e. The predicted molar refractivity (Wildman–Crippen MR) is 106 cm³/mol. The van der Waals surface area contributed by atoms with E-state index < -0.39 is 17.2 Å². The first-order chi connectivity index (χ1) is 13.6. The summed E-state index contributed by atoms with van der Waals surface area (Å²) in [6, 6.07) is 3.75. The van der Waals surface area contributed by atoms with Gasteiger partial charge in [0.1, 0.15) is 23.3 Å². The molecule has 28 heavy (non-hydrogen) atoms. The van der Waals surface area contributed by atoms with Gasteiger partial charge in [0.25, 0.3) is 0 Å². The largest absolute Gasteiger partial charge is 0.236 e. The van der Waals surface area contributed by atoms with E-state index in [1.54, 1.807) is 12.4 Å². The Morgan fingerprint density at radius 3 is 2.21 bits per heavy atom. The van der Waals surface area contributed by atoms with Crippen LogP contribution in [0.4, 0.5) is 8.78 Å². The van der Waals surface area contributed by atoms with Crippen LogP contribution >= 0.6 is 0 Å². The van der Waals surface area contributed by atoms with Crippen molar-refractivity contribution in [3.8, 4) is 17.5 Å². The summed E-state index contributed by atoms with van der Waals surface area (Å²) < 4.78 is 27.6. The normalized spacial score (nSPS) is 19.4. The van der Waals surface area contributed by atoms with Crippen molar-refractivity contribution < 1.29 is 8.78 Å². The summed E-state index contributed by atoms with van der Waals surface area (Å²) in [5.41, 5.74) is 0.769. The highest BCUT2D eigenvalue weighted by Crippen LogP contribution is 2.37. The lowest BCUT2D eigenvalue weighted by Crippen LogP contribution is -2.14. The van der Waals surface area contributed by atoms with Gasteiger partial charge in [-0.3, -0.25) is 0 Å². The van der Waals surface area contributed by atoms with Crippen LogP contribution in [0.2, 0.25) is 0 Å². The third kappa shape index (κ3) is 4.92. The Hall–Kier alpha value is -2.35. The molecule has 2 aromatic rings. The molecule has 0 bridgehead atoms. The Bertz CT molecular complexity index is 796. The van der Waals surface area contributed by atoms with Gasteiger partial charge in [-0.25, -0.2) is 18.7 Å². The third-order valence-corrected chi connectivity index (χ3v) is 5.87. The molecular weight excluding hydrogens is 356 g/mol. The number of unbranched alkanes of at least 4 members (excludes halogenated alkanes) is 3. The van der Waals surface area contributed by atoms with Crippen molar-refractivity contribution in [2.24, 2.45) is 5.92 Å². The van der Waals surface area contributed by atoms with Crippen LogP contribution in [-0.4, -0.2) is 9.97 Å². The highest BCUT2D eigenvalue weighted by molar-refractivity contribution is 5.57. The van der Waals surface area contributed by atoms with Gasteiger partial charge in [-0.1, -0.05) is 39.0 Å². The lowest BCUT2D eigenvalue weighted by molar-refractivity contribution is 0.301. The van der Waals surface area contributed by atoms with Crippen molar-refractivity contribution in [2.45, 2.75) is 70.6 Å². The van der Waals surface area contributed by atoms with Crippen molar-refractivity contribution in [3.63, 3.8) is 0 Å². The topological polar surface area (TPSA) is 49.6 Å². The molecule has 0 spiro atoms. The van der Waals surface area contributed by atoms with Crippen LogP contribution in [0.1, 0.15) is 81.8 Å². The van der Waals surface area contributed by atoms with Crippen molar-refractivity contribution in [2.75, 3.05) is 0 Å². The number of benzene rings is 1. The van der Waals surface area contributed by atoms with Gasteiger partial charge >= 0.3 is 0 Å². The van der Waals surface area contributed by atoms with Crippen LogP contribution < -0.4 is 0 Å². The van der Waals surface area contributed by atoms with E-state index in [1.807, 2.05) is 0 Å². The Kier molecular flexibility index (Phi) is 7.08. The zero-order chi connectivity index (χ0) is 19.9. The van der Waals surface area contributed by atoms with Gasteiger partial charge in [0.2, 0.25) is 0 Å². The van der Waals surface area contributed by atoms with E-state index in [1.165, 1.54) is 51.0 Å². The monoisotopic (exact) mass is 383 g/mol. The number of hydrogen-bond acceptors (Lipinski definition) is 3. The van der Waals surface area contributed by atoms with E-state index in [9.17, 15) is 8.78 Å². The fourth-order valence-corrected chi connectivity index (χ4v) is 4.15. The van der Waals surface area contributed by atoms with Crippen molar-refractivity contribution >= 4 is 0 Å². The van der Waals surface area contributed by atoms with Crippen LogP contribution in [0.25, 0.3) is 11.4 Å². The number of hydrogen-bond donors (Lipinski definition) is 0. The minimum atomic E-state index is -0.887. The Labute approximate surface area is 165 Å². The lowest BCUT2D eigenvalue weighted by Gasteiger charge is -2.28. The molecule has 0 amide bonds. The number of nitrogens with zero attached hydrogens (tertiary/aromatic N) is 3. The first-order valence-corrected chi connectivity index (χ1v) is 10.3. The van der Waals surface area contributed by atoms with E-state index in [0.717, 1.165) is 36.5 Å². The zero-order valence-electron chi connectivity index (χ0n) is 16.4. The first kappa shape index (κ1) is 20.4. The average molecular weight is 383 g/mol. The molecule has 1 saturated carbocycles. The highest BCUT2D eigenvalue weighted by atomic mass is 19.1. The molecule has 1 aliphatic rings. The molecule has 3 nitrogen and oxygen atoms in total. The van der Waals surface area contributed by atoms with Crippen LogP contribution in [0.3, 0.4) is 0 Å². The summed E-state index contributed by atoms with van der Waals surface area (Å²) in [7, 11) is 0. The van der Waals surface area contributed by atoms with E-state index in [-0.39, 0.29) is 11.4 Å². The van der Waals surface area contributed by atoms with Gasteiger partial charge in [0.15, 0.2) is 5.82 Å². The number of halogens is 2. The summed E-state index contributed by atoms with van der Waals surface area (Å²) in [4.78, 5) is 8.65. The van der Waals surface area contributed by atoms with Gasteiger partial charge in [-0.2, -0.15) is 5.26 Å². The molecule has 1 aliphatic carbocycles. The summed E-state index contributed by atoms with van der Waals surface area (Å²) in [6.07, 6.45) is 15.0. The van der Waals surface area contributed by atoms with Crippen LogP contribution in [0, 0.1) is 28.9 Å². The molecule has 1 heterocycles. The molecular formula is C23H27F2N3. The van der Waals surface area contributed by atoms with Crippen LogP contribution in [0.15, 0.2) is 24.5 Å². The molecule has 148 valence electrons. The standard InChI is InChI=1S/C23H27F2N3/c1-2-3-4-5-6-16-7-9-17(10-8-16)19-14-27-23(28-15-19)18-11-21(24)20(13-26)22(25)12-18/h11-12,14-17H,2-10H2,1H3/t16-,17-. The lowest BCUT2D eigenvalue weighted by atomic mass is 9.77. The predicted octanol–water partition coefficient (Wildman–Crippen LogP) is 6.54. The third-order valence-electron chi connectivity index (χ3n) is 5.87. The molecule has 0 saturated heterocycles. The zero-order valence-corrected chi connectivity index (χ0v) is 16.4. The van der Waals surface area contributed by atoms with Crippen molar-refractivity contribution in [1.82, 2.24) is 9.97 Å². The Morgan fingerprint density at radius 2 is 1.64 bits per heavy atom. The van der Waals surface area contributed by atoms with E-state index in [0.29, 0.717) is 5.92 Å². The molecule has 0 radical (unpaired) electrons. The summed E-state index contributed by atoms with van der Waals surface area (Å²) in [5.74, 6) is -0.186. The van der Waals surface area contributed by atoms with Gasteiger partial charge in [0.05, 0.1) is 0 Å². The summed E-state index contributed by atoms with van der Waals surface area (Å²) in [6.45, 7) is 2.24. The SMILES string of the molecule is CCCCCC[C@H]1CC[C@H](c2cnc(-c3cc(F)c(C#N)c(F)c3)nc2)CC1. The Balaban J connectivity index is 1.59. The summed E-state index contributed by atoms with van der Waals surface area (Å²) in [5, 5.41) is 8.77.